The summed E-state index contributed by atoms with van der Waals surface area (Å²) in [6.07, 6.45) is 2.82. The van der Waals surface area contributed by atoms with Gasteiger partial charge in [-0.15, -0.1) is 11.6 Å². The van der Waals surface area contributed by atoms with Gasteiger partial charge in [-0.3, -0.25) is 0 Å². The Balaban J connectivity index is 2.39. The predicted molar refractivity (Wildman–Crippen MR) is 65.2 cm³/mol. The van der Waals surface area contributed by atoms with Crippen LogP contribution in [0.3, 0.4) is 0 Å². The van der Waals surface area contributed by atoms with Gasteiger partial charge in [-0.1, -0.05) is 6.08 Å². The highest BCUT2D eigenvalue weighted by Crippen LogP contribution is 2.25. The van der Waals surface area contributed by atoms with E-state index in [1.54, 1.807) is 6.07 Å². The van der Waals surface area contributed by atoms with Crippen molar-refractivity contribution in [1.82, 2.24) is 0 Å². The molecule has 0 fully saturated rings. The van der Waals surface area contributed by atoms with Crippen LogP contribution in [0.5, 0.6) is 0 Å². The van der Waals surface area contributed by atoms with Crippen molar-refractivity contribution in [2.45, 2.75) is 13.3 Å². The Bertz CT molecular complexity index is 528. The molecule has 0 amide bonds. The van der Waals surface area contributed by atoms with Crippen molar-refractivity contribution in [1.29, 1.82) is 0 Å². The van der Waals surface area contributed by atoms with Gasteiger partial charge < -0.3 is 4.42 Å². The first-order chi connectivity index (χ1) is 7.70. The lowest BCUT2D eigenvalue weighted by molar-refractivity contribution is 0.595. The van der Waals surface area contributed by atoms with Gasteiger partial charge in [-0.05, 0) is 43.2 Å². The zero-order chi connectivity index (χ0) is 11.5. The maximum absolute atomic E-state index is 13.0. The molecule has 1 aromatic heterocycles. The van der Waals surface area contributed by atoms with Gasteiger partial charge in [-0.2, -0.15) is 0 Å². The molecule has 0 bridgehead atoms. The third kappa shape index (κ3) is 2.27. The summed E-state index contributed by atoms with van der Waals surface area (Å²) in [7, 11) is 0. The Hall–Kier alpha value is -1.28. The molecule has 0 aliphatic heterocycles. The van der Waals surface area contributed by atoms with E-state index in [-0.39, 0.29) is 5.82 Å². The van der Waals surface area contributed by atoms with Crippen molar-refractivity contribution in [2.24, 2.45) is 0 Å². The van der Waals surface area contributed by atoms with Gasteiger partial charge in [0.2, 0.25) is 0 Å². The van der Waals surface area contributed by atoms with Crippen molar-refractivity contribution >= 4 is 28.1 Å². The molecule has 0 N–H and O–H groups in total. The Labute approximate surface area is 98.5 Å². The average molecular weight is 239 g/mol. The Morgan fingerprint density at radius 2 is 2.25 bits per heavy atom. The van der Waals surface area contributed by atoms with Crippen LogP contribution in [-0.4, -0.2) is 5.88 Å². The fraction of sp³-hybridized carbons (Fsp3) is 0.231. The number of rotatable bonds is 3. The first kappa shape index (κ1) is 11.2. The molecule has 0 saturated carbocycles. The molecule has 0 aliphatic carbocycles. The summed E-state index contributed by atoms with van der Waals surface area (Å²) in [5.74, 6) is 1.11. The number of hydrogen-bond donors (Lipinski definition) is 0. The van der Waals surface area contributed by atoms with Gasteiger partial charge >= 0.3 is 0 Å². The van der Waals surface area contributed by atoms with E-state index in [0.29, 0.717) is 11.5 Å². The van der Waals surface area contributed by atoms with Crippen molar-refractivity contribution in [3.63, 3.8) is 0 Å². The second-order valence-electron chi connectivity index (χ2n) is 3.66. The molecule has 1 nitrogen and oxygen atoms in total. The van der Waals surface area contributed by atoms with Crippen molar-refractivity contribution in [3.05, 3.63) is 41.9 Å². The number of alkyl halides is 1. The predicted octanol–water partition coefficient (Wildman–Crippen LogP) is 4.60. The van der Waals surface area contributed by atoms with Gasteiger partial charge in [0.15, 0.2) is 0 Å². The molecule has 2 aromatic rings. The standard InChI is InChI=1S/C13H12ClFO/c1-9(3-2-6-14)13-8-10-7-11(15)4-5-12(10)16-13/h3-5,7-8H,2,6H2,1H3/b9-3-. The normalized spacial score (nSPS) is 12.3. The van der Waals surface area contributed by atoms with Crippen LogP contribution in [0.2, 0.25) is 0 Å². The summed E-state index contributed by atoms with van der Waals surface area (Å²) in [5.41, 5.74) is 1.73. The van der Waals surface area contributed by atoms with Gasteiger partial charge in [0.1, 0.15) is 17.2 Å². The van der Waals surface area contributed by atoms with Crippen LogP contribution in [0.4, 0.5) is 4.39 Å². The highest BCUT2D eigenvalue weighted by Gasteiger charge is 2.05. The number of hydrogen-bond acceptors (Lipinski definition) is 1. The summed E-state index contributed by atoms with van der Waals surface area (Å²) in [6, 6.07) is 6.35. The molecular weight excluding hydrogens is 227 g/mol. The van der Waals surface area contributed by atoms with E-state index in [9.17, 15) is 4.39 Å². The summed E-state index contributed by atoms with van der Waals surface area (Å²) in [6.45, 7) is 1.96. The molecule has 0 saturated heterocycles. The zero-order valence-corrected chi connectivity index (χ0v) is 9.72. The monoisotopic (exact) mass is 238 g/mol. The van der Waals surface area contributed by atoms with Crippen LogP contribution in [0.15, 0.2) is 34.8 Å². The topological polar surface area (TPSA) is 13.1 Å². The number of allylic oxidation sites excluding steroid dienone is 2. The molecule has 2 rings (SSSR count). The third-order valence-electron chi connectivity index (χ3n) is 2.43. The molecule has 16 heavy (non-hydrogen) atoms. The van der Waals surface area contributed by atoms with Crippen LogP contribution in [0, 0.1) is 5.82 Å². The molecule has 3 heteroatoms. The first-order valence-corrected chi connectivity index (χ1v) is 5.66. The van der Waals surface area contributed by atoms with E-state index in [1.165, 1.54) is 12.1 Å². The van der Waals surface area contributed by atoms with E-state index < -0.39 is 0 Å². The SMILES string of the molecule is C/C(=C/CCCl)c1cc2cc(F)ccc2o1. The van der Waals surface area contributed by atoms with Crippen molar-refractivity contribution in [2.75, 3.05) is 5.88 Å². The fourth-order valence-corrected chi connectivity index (χ4v) is 1.69. The second kappa shape index (κ2) is 4.71. The molecule has 0 unspecified atom stereocenters. The molecular formula is C13H12ClFO. The highest BCUT2D eigenvalue weighted by molar-refractivity contribution is 6.17. The number of halogens is 2. The molecule has 1 aromatic carbocycles. The van der Waals surface area contributed by atoms with Gasteiger partial charge in [0, 0.05) is 11.3 Å². The molecule has 0 aliphatic rings. The van der Waals surface area contributed by atoms with E-state index in [1.807, 2.05) is 19.1 Å². The van der Waals surface area contributed by atoms with Crippen LogP contribution >= 0.6 is 11.6 Å². The maximum Gasteiger partial charge on any atom is 0.135 e. The van der Waals surface area contributed by atoms with E-state index in [4.69, 9.17) is 16.0 Å². The van der Waals surface area contributed by atoms with Crippen LogP contribution in [0.25, 0.3) is 16.5 Å². The van der Waals surface area contributed by atoms with Crippen molar-refractivity contribution < 1.29 is 8.81 Å². The minimum absolute atomic E-state index is 0.248. The summed E-state index contributed by atoms with van der Waals surface area (Å²) in [4.78, 5) is 0. The van der Waals surface area contributed by atoms with Crippen LogP contribution < -0.4 is 0 Å². The number of fused-ring (bicyclic) bond motifs is 1. The molecule has 1 heterocycles. The Morgan fingerprint density at radius 1 is 1.44 bits per heavy atom. The number of furan rings is 1. The summed E-state index contributed by atoms with van der Waals surface area (Å²) < 4.78 is 18.6. The lowest BCUT2D eigenvalue weighted by Gasteiger charge is -1.94. The summed E-state index contributed by atoms with van der Waals surface area (Å²) >= 11 is 5.61. The highest BCUT2D eigenvalue weighted by atomic mass is 35.5. The third-order valence-corrected chi connectivity index (χ3v) is 2.64. The number of benzene rings is 1. The fourth-order valence-electron chi connectivity index (χ4n) is 1.58. The quantitative estimate of drug-likeness (QED) is 0.712. The van der Waals surface area contributed by atoms with Crippen LogP contribution in [0.1, 0.15) is 19.1 Å². The summed E-state index contributed by atoms with van der Waals surface area (Å²) in [5, 5.41) is 0.786. The molecule has 0 radical (unpaired) electrons. The molecule has 84 valence electrons. The zero-order valence-electron chi connectivity index (χ0n) is 8.97. The van der Waals surface area contributed by atoms with E-state index in [0.717, 1.165) is 23.1 Å². The largest absolute Gasteiger partial charge is 0.456 e. The van der Waals surface area contributed by atoms with Gasteiger partial charge in [-0.25, -0.2) is 4.39 Å². The van der Waals surface area contributed by atoms with Gasteiger partial charge in [0.05, 0.1) is 0 Å². The Morgan fingerprint density at radius 3 is 3.00 bits per heavy atom. The van der Waals surface area contributed by atoms with E-state index in [2.05, 4.69) is 0 Å². The van der Waals surface area contributed by atoms with Gasteiger partial charge in [0.25, 0.3) is 0 Å². The lowest BCUT2D eigenvalue weighted by Crippen LogP contribution is -1.75. The maximum atomic E-state index is 13.0. The molecule has 0 atom stereocenters. The van der Waals surface area contributed by atoms with Crippen LogP contribution in [-0.2, 0) is 0 Å². The smallest absolute Gasteiger partial charge is 0.135 e. The Kier molecular flexibility index (Phi) is 3.30. The second-order valence-corrected chi connectivity index (χ2v) is 4.04. The minimum Gasteiger partial charge on any atom is -0.456 e. The average Bonchev–Trinajstić information content (AvgIpc) is 2.68. The first-order valence-electron chi connectivity index (χ1n) is 5.13. The lowest BCUT2D eigenvalue weighted by atomic mass is 10.2. The van der Waals surface area contributed by atoms with E-state index >= 15 is 0 Å². The minimum atomic E-state index is -0.248. The van der Waals surface area contributed by atoms with Crippen molar-refractivity contribution in [3.8, 4) is 0 Å². The molecule has 0 spiro atoms.